The second kappa shape index (κ2) is 2.73. The first-order valence-electron chi connectivity index (χ1n) is 4.13. The number of hydrogen-bond donors (Lipinski definition) is 0. The first-order chi connectivity index (χ1) is 6.20. The highest BCUT2D eigenvalue weighted by Crippen LogP contribution is 2.29. The molecule has 0 fully saturated rings. The Labute approximate surface area is 78.2 Å². The van der Waals surface area contributed by atoms with Crippen LogP contribution in [0, 0.1) is 0 Å². The molecule has 0 aromatic carbocycles. The van der Waals surface area contributed by atoms with Crippen molar-refractivity contribution in [3.05, 3.63) is 30.5 Å². The lowest BCUT2D eigenvalue weighted by Gasteiger charge is -2.26. The van der Waals surface area contributed by atoms with Crippen LogP contribution >= 0.6 is 0 Å². The molecule has 64 valence electrons. The van der Waals surface area contributed by atoms with Crippen LogP contribution < -0.4 is 0 Å². The van der Waals surface area contributed by atoms with Crippen molar-refractivity contribution in [2.24, 2.45) is 4.99 Å². The van der Waals surface area contributed by atoms with Gasteiger partial charge in [0.1, 0.15) is 0 Å². The number of nitrogens with zero attached hydrogens (tertiary/aromatic N) is 3. The summed E-state index contributed by atoms with van der Waals surface area (Å²) in [6.07, 6.45) is 1.74. The summed E-state index contributed by atoms with van der Waals surface area (Å²) in [7, 11) is 1.96. The van der Waals surface area contributed by atoms with Gasteiger partial charge in [-0.1, -0.05) is 6.58 Å². The van der Waals surface area contributed by atoms with Gasteiger partial charge in [-0.15, -0.1) is 0 Å². The van der Waals surface area contributed by atoms with E-state index >= 15 is 0 Å². The highest BCUT2D eigenvalue weighted by molar-refractivity contribution is 6.22. The van der Waals surface area contributed by atoms with Crippen LogP contribution in [0.3, 0.4) is 0 Å². The molecule has 2 rings (SSSR count). The van der Waals surface area contributed by atoms with E-state index in [2.05, 4.69) is 16.6 Å². The molecule has 4 heteroatoms. The summed E-state index contributed by atoms with van der Waals surface area (Å²) in [6.45, 7) is 5.94. The maximum atomic E-state index is 4.35. The SMILES string of the molecule is BN1C(=C)c2cccnc2N=C1C. The van der Waals surface area contributed by atoms with Crippen molar-refractivity contribution in [3.8, 4) is 0 Å². The molecule has 0 saturated carbocycles. The summed E-state index contributed by atoms with van der Waals surface area (Å²) in [5, 5.41) is 0. The van der Waals surface area contributed by atoms with E-state index in [4.69, 9.17) is 0 Å². The van der Waals surface area contributed by atoms with Gasteiger partial charge in [0.2, 0.25) is 7.98 Å². The van der Waals surface area contributed by atoms with E-state index in [1.54, 1.807) is 6.20 Å². The Morgan fingerprint density at radius 3 is 3.08 bits per heavy atom. The number of pyridine rings is 1. The predicted molar refractivity (Wildman–Crippen MR) is 56.4 cm³/mol. The van der Waals surface area contributed by atoms with E-state index in [1.165, 1.54) is 0 Å². The second-order valence-corrected chi connectivity index (χ2v) is 3.04. The van der Waals surface area contributed by atoms with Gasteiger partial charge in [-0.3, -0.25) is 0 Å². The minimum atomic E-state index is 0.767. The first kappa shape index (κ1) is 8.04. The van der Waals surface area contributed by atoms with Crippen LogP contribution in [0.1, 0.15) is 12.5 Å². The van der Waals surface area contributed by atoms with E-state index in [0.29, 0.717) is 0 Å². The van der Waals surface area contributed by atoms with Crippen LogP contribution in [0.25, 0.3) is 5.70 Å². The molecule has 0 N–H and O–H groups in total. The smallest absolute Gasteiger partial charge is 0.225 e. The average Bonchev–Trinajstić information content (AvgIpc) is 2.15. The highest BCUT2D eigenvalue weighted by atomic mass is 15.2. The molecule has 0 spiro atoms. The third-order valence-corrected chi connectivity index (χ3v) is 2.26. The van der Waals surface area contributed by atoms with Crippen molar-refractivity contribution in [3.63, 3.8) is 0 Å². The molecule has 1 aliphatic heterocycles. The molecule has 2 heterocycles. The molecule has 0 atom stereocenters. The molecule has 13 heavy (non-hydrogen) atoms. The summed E-state index contributed by atoms with van der Waals surface area (Å²) in [5.74, 6) is 1.69. The van der Waals surface area contributed by atoms with Crippen LogP contribution in [-0.4, -0.2) is 23.6 Å². The summed E-state index contributed by atoms with van der Waals surface area (Å²) in [5.41, 5.74) is 1.96. The average molecular weight is 171 g/mol. The van der Waals surface area contributed by atoms with E-state index in [9.17, 15) is 0 Å². The Morgan fingerprint density at radius 1 is 1.54 bits per heavy atom. The van der Waals surface area contributed by atoms with Crippen LogP contribution in [0.2, 0.25) is 0 Å². The summed E-state index contributed by atoms with van der Waals surface area (Å²) >= 11 is 0. The predicted octanol–water partition coefficient (Wildman–Crippen LogP) is 0.966. The molecule has 1 aromatic heterocycles. The maximum absolute atomic E-state index is 4.35. The Bertz CT molecular complexity index is 398. The molecule has 0 radical (unpaired) electrons. The minimum Gasteiger partial charge on any atom is -0.382 e. The molecule has 0 saturated heterocycles. The maximum Gasteiger partial charge on any atom is 0.225 e. The molecule has 0 bridgehead atoms. The monoisotopic (exact) mass is 171 g/mol. The minimum absolute atomic E-state index is 0.767. The Balaban J connectivity index is 2.63. The van der Waals surface area contributed by atoms with Crippen molar-refractivity contribution in [2.45, 2.75) is 6.92 Å². The Kier molecular flexibility index (Phi) is 1.69. The standard InChI is InChI=1S/C9H10BN3/c1-6-8-4-3-5-11-9(8)12-7(2)13(6)10/h3-5H,1,10H2,2H3. The van der Waals surface area contributed by atoms with Gasteiger partial charge < -0.3 is 4.81 Å². The molecular formula is C9H10BN3. The lowest BCUT2D eigenvalue weighted by Crippen LogP contribution is -2.26. The van der Waals surface area contributed by atoms with Crippen LogP contribution in [0.4, 0.5) is 5.82 Å². The van der Waals surface area contributed by atoms with Gasteiger partial charge in [0.25, 0.3) is 0 Å². The topological polar surface area (TPSA) is 28.5 Å². The number of hydrogen-bond acceptors (Lipinski definition) is 3. The molecule has 1 aromatic rings. The van der Waals surface area contributed by atoms with Crippen molar-refractivity contribution in [1.82, 2.24) is 9.79 Å². The van der Waals surface area contributed by atoms with E-state index in [0.717, 1.165) is 22.9 Å². The van der Waals surface area contributed by atoms with Gasteiger partial charge in [-0.2, -0.15) is 0 Å². The van der Waals surface area contributed by atoms with Crippen molar-refractivity contribution >= 4 is 25.3 Å². The van der Waals surface area contributed by atoms with Gasteiger partial charge in [-0.05, 0) is 19.1 Å². The molecule has 3 nitrogen and oxygen atoms in total. The third kappa shape index (κ3) is 1.14. The third-order valence-electron chi connectivity index (χ3n) is 2.26. The lowest BCUT2D eigenvalue weighted by atomic mass is 10.1. The number of aliphatic imine (C=N–C) groups is 1. The number of rotatable bonds is 0. The fourth-order valence-corrected chi connectivity index (χ4v) is 1.32. The zero-order valence-corrected chi connectivity index (χ0v) is 7.78. The second-order valence-electron chi connectivity index (χ2n) is 3.04. The van der Waals surface area contributed by atoms with Gasteiger partial charge in [0.05, 0.1) is 5.84 Å². The van der Waals surface area contributed by atoms with Crippen molar-refractivity contribution in [2.75, 3.05) is 0 Å². The zero-order valence-electron chi connectivity index (χ0n) is 7.78. The normalized spacial score (nSPS) is 15.3. The number of amidine groups is 1. The molecule has 0 aliphatic carbocycles. The number of fused-ring (bicyclic) bond motifs is 1. The quantitative estimate of drug-likeness (QED) is 0.544. The summed E-state index contributed by atoms with van der Waals surface area (Å²) in [4.78, 5) is 10.5. The van der Waals surface area contributed by atoms with Crippen molar-refractivity contribution in [1.29, 1.82) is 0 Å². The van der Waals surface area contributed by atoms with Crippen LogP contribution in [0.5, 0.6) is 0 Å². The van der Waals surface area contributed by atoms with E-state index < -0.39 is 0 Å². The molecule has 0 amide bonds. The van der Waals surface area contributed by atoms with Crippen LogP contribution in [-0.2, 0) is 0 Å². The largest absolute Gasteiger partial charge is 0.382 e. The fraction of sp³-hybridized carbons (Fsp3) is 0.111. The van der Waals surface area contributed by atoms with Crippen LogP contribution in [0.15, 0.2) is 29.9 Å². The van der Waals surface area contributed by atoms with Gasteiger partial charge >= 0.3 is 0 Å². The summed E-state index contributed by atoms with van der Waals surface area (Å²) < 4.78 is 0. The highest BCUT2D eigenvalue weighted by Gasteiger charge is 2.16. The Hall–Kier alpha value is -1.58. The van der Waals surface area contributed by atoms with E-state index in [-0.39, 0.29) is 0 Å². The fourth-order valence-electron chi connectivity index (χ4n) is 1.32. The van der Waals surface area contributed by atoms with Gasteiger partial charge in [0.15, 0.2) is 5.82 Å². The number of aromatic nitrogens is 1. The molecule has 0 unspecified atom stereocenters. The zero-order chi connectivity index (χ0) is 9.42. The van der Waals surface area contributed by atoms with Gasteiger partial charge in [0, 0.05) is 17.5 Å². The van der Waals surface area contributed by atoms with E-state index in [1.807, 2.05) is 31.8 Å². The van der Waals surface area contributed by atoms with Crippen molar-refractivity contribution < 1.29 is 0 Å². The lowest BCUT2D eigenvalue weighted by molar-refractivity contribution is 0.902. The Morgan fingerprint density at radius 2 is 2.31 bits per heavy atom. The summed E-state index contributed by atoms with van der Waals surface area (Å²) in [6, 6.07) is 3.88. The first-order valence-corrected chi connectivity index (χ1v) is 4.13. The molecule has 1 aliphatic rings. The molecular weight excluding hydrogens is 161 g/mol. The van der Waals surface area contributed by atoms with Gasteiger partial charge in [-0.25, -0.2) is 9.98 Å².